The minimum atomic E-state index is -0.0651. The van der Waals surface area contributed by atoms with E-state index in [0.29, 0.717) is 48.4 Å². The van der Waals surface area contributed by atoms with Crippen molar-refractivity contribution in [3.63, 3.8) is 0 Å². The zero-order valence-electron chi connectivity index (χ0n) is 18.4. The van der Waals surface area contributed by atoms with Crippen molar-refractivity contribution in [3.8, 4) is 11.5 Å². The molecule has 1 amide bonds. The summed E-state index contributed by atoms with van der Waals surface area (Å²) in [5.41, 5.74) is 4.63. The lowest BCUT2D eigenvalue weighted by molar-refractivity contribution is 0.0727. The Balaban J connectivity index is 1.48. The molecular formula is C24H26ClN3O4. The van der Waals surface area contributed by atoms with E-state index in [1.165, 1.54) is 0 Å². The van der Waals surface area contributed by atoms with Crippen LogP contribution in [0.3, 0.4) is 0 Å². The highest BCUT2D eigenvalue weighted by atomic mass is 35.5. The Morgan fingerprint density at radius 1 is 1.06 bits per heavy atom. The summed E-state index contributed by atoms with van der Waals surface area (Å²) in [6.45, 7) is 1.95. The molecule has 0 N–H and O–H groups in total. The number of amides is 1. The number of carbonyl (C=O) groups excluding carboxylic acids is 1. The lowest BCUT2D eigenvalue weighted by atomic mass is 10.0. The zero-order chi connectivity index (χ0) is 22.7. The number of ether oxygens (including phenoxy) is 3. The smallest absolute Gasteiger partial charge is 0.254 e. The topological polar surface area (TPSA) is 65.8 Å². The van der Waals surface area contributed by atoms with Crippen LogP contribution in [0.2, 0.25) is 5.02 Å². The summed E-state index contributed by atoms with van der Waals surface area (Å²) in [6.07, 6.45) is 0.739. The molecule has 32 heavy (non-hydrogen) atoms. The molecule has 2 heterocycles. The fraction of sp³-hybridized carbons (Fsp3) is 0.333. The van der Waals surface area contributed by atoms with Crippen molar-refractivity contribution in [2.75, 3.05) is 20.8 Å². The van der Waals surface area contributed by atoms with Gasteiger partial charge in [-0.25, -0.2) is 0 Å². The molecule has 2 aromatic carbocycles. The fourth-order valence-electron chi connectivity index (χ4n) is 3.92. The van der Waals surface area contributed by atoms with Crippen molar-refractivity contribution in [3.05, 3.63) is 75.6 Å². The molecule has 0 unspecified atom stereocenters. The van der Waals surface area contributed by atoms with E-state index in [1.54, 1.807) is 32.4 Å². The maximum atomic E-state index is 13.2. The van der Waals surface area contributed by atoms with Crippen LogP contribution in [-0.4, -0.2) is 41.4 Å². The molecule has 168 valence electrons. The molecule has 1 aliphatic heterocycles. The van der Waals surface area contributed by atoms with Gasteiger partial charge in [-0.05, 0) is 29.8 Å². The molecule has 0 radical (unpaired) electrons. The van der Waals surface area contributed by atoms with Crippen molar-refractivity contribution in [2.45, 2.75) is 26.2 Å². The average molecular weight is 456 g/mol. The zero-order valence-corrected chi connectivity index (χ0v) is 19.2. The van der Waals surface area contributed by atoms with E-state index < -0.39 is 0 Å². The number of rotatable bonds is 7. The van der Waals surface area contributed by atoms with Crippen molar-refractivity contribution >= 4 is 17.5 Å². The number of nitrogens with zero attached hydrogens (tertiary/aromatic N) is 3. The number of aryl methyl sites for hydroxylation is 1. The largest absolute Gasteiger partial charge is 0.497 e. The third-order valence-corrected chi connectivity index (χ3v) is 5.88. The van der Waals surface area contributed by atoms with E-state index >= 15 is 0 Å². The third kappa shape index (κ3) is 4.74. The predicted molar refractivity (Wildman–Crippen MR) is 121 cm³/mol. The van der Waals surface area contributed by atoms with Gasteiger partial charge in [-0.15, -0.1) is 0 Å². The molecule has 0 saturated carbocycles. The summed E-state index contributed by atoms with van der Waals surface area (Å²) in [5, 5.41) is 5.35. The van der Waals surface area contributed by atoms with Gasteiger partial charge in [-0.1, -0.05) is 23.7 Å². The molecule has 3 aromatic rings. The quantitative estimate of drug-likeness (QED) is 0.538. The molecule has 0 aliphatic carbocycles. The van der Waals surface area contributed by atoms with Crippen LogP contribution in [0.5, 0.6) is 11.5 Å². The molecule has 4 rings (SSSR count). The molecule has 1 aromatic heterocycles. The molecule has 0 fully saturated rings. The van der Waals surface area contributed by atoms with Crippen LogP contribution in [-0.2, 0) is 38.0 Å². The Bertz CT molecular complexity index is 1090. The van der Waals surface area contributed by atoms with Crippen LogP contribution in [0.25, 0.3) is 0 Å². The van der Waals surface area contributed by atoms with Gasteiger partial charge in [0.05, 0.1) is 33.1 Å². The van der Waals surface area contributed by atoms with Gasteiger partial charge in [-0.2, -0.15) is 5.10 Å². The second-order valence-electron chi connectivity index (χ2n) is 7.69. The summed E-state index contributed by atoms with van der Waals surface area (Å²) < 4.78 is 18.4. The minimum Gasteiger partial charge on any atom is -0.497 e. The Hall–Kier alpha value is -3.03. The first kappa shape index (κ1) is 22.2. The van der Waals surface area contributed by atoms with Crippen LogP contribution >= 0.6 is 11.6 Å². The van der Waals surface area contributed by atoms with E-state index in [9.17, 15) is 4.79 Å². The lowest BCUT2D eigenvalue weighted by Gasteiger charge is -2.28. The molecule has 1 aliphatic rings. The predicted octanol–water partition coefficient (Wildman–Crippen LogP) is 4.01. The van der Waals surface area contributed by atoms with E-state index in [4.69, 9.17) is 25.8 Å². The summed E-state index contributed by atoms with van der Waals surface area (Å²) in [6, 6.07) is 12.8. The van der Waals surface area contributed by atoms with Gasteiger partial charge in [-0.3, -0.25) is 9.48 Å². The number of benzene rings is 2. The van der Waals surface area contributed by atoms with Gasteiger partial charge < -0.3 is 19.1 Å². The summed E-state index contributed by atoms with van der Waals surface area (Å²) in [5.74, 6) is 1.11. The molecule has 0 atom stereocenters. The number of hydrogen-bond donors (Lipinski definition) is 0. The van der Waals surface area contributed by atoms with Crippen molar-refractivity contribution < 1.29 is 19.0 Å². The number of carbonyl (C=O) groups is 1. The standard InChI is InChI=1S/C24H26ClN3O4/c1-27-23-8-9-28(24(29)17-10-19(30-2)12-20(11-17)31-3)13-21(23)22(26-27)15-32-14-16-4-6-18(25)7-5-16/h4-7,10-12H,8-9,13-15H2,1-3H3. The maximum Gasteiger partial charge on any atom is 0.254 e. The van der Waals surface area contributed by atoms with E-state index in [-0.39, 0.29) is 5.91 Å². The normalized spacial score (nSPS) is 13.1. The summed E-state index contributed by atoms with van der Waals surface area (Å²) >= 11 is 5.94. The molecule has 0 bridgehead atoms. The molecule has 7 nitrogen and oxygen atoms in total. The second kappa shape index (κ2) is 9.63. The first-order valence-corrected chi connectivity index (χ1v) is 10.7. The van der Waals surface area contributed by atoms with Crippen molar-refractivity contribution in [1.82, 2.24) is 14.7 Å². The third-order valence-electron chi connectivity index (χ3n) is 5.63. The molecule has 0 spiro atoms. The van der Waals surface area contributed by atoms with E-state index in [0.717, 1.165) is 28.9 Å². The summed E-state index contributed by atoms with van der Waals surface area (Å²) in [4.78, 5) is 15.1. The second-order valence-corrected chi connectivity index (χ2v) is 8.13. The van der Waals surface area contributed by atoms with Gasteiger partial charge in [0, 0.05) is 54.5 Å². The van der Waals surface area contributed by atoms with Crippen molar-refractivity contribution in [2.24, 2.45) is 7.05 Å². The Morgan fingerprint density at radius 3 is 2.41 bits per heavy atom. The molecule has 8 heteroatoms. The number of fused-ring (bicyclic) bond motifs is 1. The first-order valence-electron chi connectivity index (χ1n) is 10.4. The van der Waals surface area contributed by atoms with E-state index in [1.807, 2.05) is 40.9 Å². The Labute approximate surface area is 192 Å². The number of halogens is 1. The molecular weight excluding hydrogens is 430 g/mol. The first-order chi connectivity index (χ1) is 15.5. The number of methoxy groups -OCH3 is 2. The highest BCUT2D eigenvalue weighted by molar-refractivity contribution is 6.30. The van der Waals surface area contributed by atoms with Crippen LogP contribution in [0.1, 0.15) is 32.9 Å². The fourth-order valence-corrected chi connectivity index (χ4v) is 4.04. The van der Waals surface area contributed by atoms with Crippen molar-refractivity contribution in [1.29, 1.82) is 0 Å². The highest BCUT2D eigenvalue weighted by Gasteiger charge is 2.27. The Morgan fingerprint density at radius 2 is 1.75 bits per heavy atom. The van der Waals surface area contributed by atoms with Gasteiger partial charge in [0.2, 0.25) is 0 Å². The van der Waals surface area contributed by atoms with Gasteiger partial charge >= 0.3 is 0 Å². The lowest BCUT2D eigenvalue weighted by Crippen LogP contribution is -2.36. The van der Waals surface area contributed by atoms with Gasteiger partial charge in [0.1, 0.15) is 11.5 Å². The number of hydrogen-bond acceptors (Lipinski definition) is 5. The minimum absolute atomic E-state index is 0.0651. The summed E-state index contributed by atoms with van der Waals surface area (Å²) in [7, 11) is 5.08. The monoisotopic (exact) mass is 455 g/mol. The van der Waals surface area contributed by atoms with Gasteiger partial charge in [0.25, 0.3) is 5.91 Å². The van der Waals surface area contributed by atoms with E-state index in [2.05, 4.69) is 5.10 Å². The Kier molecular flexibility index (Phi) is 6.67. The SMILES string of the molecule is COc1cc(OC)cc(C(=O)N2CCc3c(c(COCc4ccc(Cl)cc4)nn3C)C2)c1. The maximum absolute atomic E-state index is 13.2. The van der Waals surface area contributed by atoms with Crippen LogP contribution in [0.15, 0.2) is 42.5 Å². The average Bonchev–Trinajstić information content (AvgIpc) is 3.14. The number of aromatic nitrogens is 2. The van der Waals surface area contributed by atoms with Crippen LogP contribution in [0, 0.1) is 0 Å². The van der Waals surface area contributed by atoms with Crippen LogP contribution < -0.4 is 9.47 Å². The molecule has 0 saturated heterocycles. The van der Waals surface area contributed by atoms with Crippen LogP contribution in [0.4, 0.5) is 0 Å². The van der Waals surface area contributed by atoms with Gasteiger partial charge in [0.15, 0.2) is 0 Å². The highest BCUT2D eigenvalue weighted by Crippen LogP contribution is 2.27.